The minimum Gasteiger partial charge on any atom is -0.364 e. The van der Waals surface area contributed by atoms with Crippen LogP contribution in [0.4, 0.5) is 23.2 Å². The fourth-order valence-corrected chi connectivity index (χ4v) is 4.58. The number of halogens is 4. The summed E-state index contributed by atoms with van der Waals surface area (Å²) in [5, 5.41) is 6.79. The molecule has 1 aromatic carbocycles. The fourth-order valence-electron chi connectivity index (χ4n) is 4.58. The minimum absolute atomic E-state index is 0.0126. The van der Waals surface area contributed by atoms with Gasteiger partial charge >= 0.3 is 6.18 Å². The predicted octanol–water partition coefficient (Wildman–Crippen LogP) is 4.08. The van der Waals surface area contributed by atoms with Crippen molar-refractivity contribution >= 4 is 16.7 Å². The summed E-state index contributed by atoms with van der Waals surface area (Å²) >= 11 is 0. The molecule has 4 rings (SSSR count). The van der Waals surface area contributed by atoms with E-state index in [1.165, 1.54) is 18.3 Å². The lowest BCUT2D eigenvalue weighted by Crippen LogP contribution is -2.57. The second-order valence-electron chi connectivity index (χ2n) is 8.27. The third kappa shape index (κ3) is 3.76. The number of pyridine rings is 1. The van der Waals surface area contributed by atoms with Crippen molar-refractivity contribution in [3.05, 3.63) is 57.8 Å². The molecule has 1 fully saturated rings. The van der Waals surface area contributed by atoms with Crippen LogP contribution in [0.25, 0.3) is 11.0 Å². The summed E-state index contributed by atoms with van der Waals surface area (Å²) in [6.07, 6.45) is -3.34. The molecule has 6 nitrogen and oxygen atoms in total. The Balaban J connectivity index is 1.68. The third-order valence-electron chi connectivity index (χ3n) is 6.20. The highest BCUT2D eigenvalue weighted by molar-refractivity contribution is 5.88. The summed E-state index contributed by atoms with van der Waals surface area (Å²) in [6, 6.07) is 2.82. The zero-order valence-electron chi connectivity index (χ0n) is 20.7. The van der Waals surface area contributed by atoms with Crippen molar-refractivity contribution in [2.75, 3.05) is 18.0 Å². The Labute approximate surface area is 186 Å². The zero-order chi connectivity index (χ0) is 25.9. The number of aryl methyl sites for hydroxylation is 1. The normalized spacial score (nSPS) is 23.1. The number of aromatic amines is 1. The molecule has 0 bridgehead atoms. The quantitative estimate of drug-likeness (QED) is 0.606. The first-order chi connectivity index (χ1) is 16.2. The molecule has 2 aromatic heterocycles. The van der Waals surface area contributed by atoms with Crippen LogP contribution < -0.4 is 10.5 Å². The maximum atomic E-state index is 13.6. The van der Waals surface area contributed by atoms with Crippen LogP contribution in [0.1, 0.15) is 42.1 Å². The van der Waals surface area contributed by atoms with Gasteiger partial charge in [0.1, 0.15) is 11.3 Å². The van der Waals surface area contributed by atoms with Gasteiger partial charge in [-0.2, -0.15) is 18.3 Å². The summed E-state index contributed by atoms with van der Waals surface area (Å²) in [6.45, 7) is 3.41. The van der Waals surface area contributed by atoms with Crippen molar-refractivity contribution in [3.8, 4) is 0 Å². The maximum absolute atomic E-state index is 13.6. The Kier molecular flexibility index (Phi) is 4.62. The molecule has 1 aliphatic heterocycles. The highest BCUT2D eigenvalue weighted by Gasteiger charge is 2.39. The lowest BCUT2D eigenvalue weighted by molar-refractivity contribution is -0.139. The van der Waals surface area contributed by atoms with Crippen LogP contribution in [0.15, 0.2) is 35.3 Å². The summed E-state index contributed by atoms with van der Waals surface area (Å²) in [7, 11) is 0. The Morgan fingerprint density at radius 3 is 2.66 bits per heavy atom. The molecule has 0 radical (unpaired) electrons. The summed E-state index contributed by atoms with van der Waals surface area (Å²) < 4.78 is 78.2. The monoisotopic (exact) mass is 454 g/mol. The van der Waals surface area contributed by atoms with E-state index in [1.54, 1.807) is 6.92 Å². The van der Waals surface area contributed by atoms with Gasteiger partial charge in [0, 0.05) is 54.6 Å². The van der Waals surface area contributed by atoms with Gasteiger partial charge in [0.25, 0.3) is 5.56 Å². The number of fused-ring (bicyclic) bond motifs is 1. The van der Waals surface area contributed by atoms with Gasteiger partial charge in [-0.25, -0.2) is 4.39 Å². The van der Waals surface area contributed by atoms with Gasteiger partial charge in [-0.15, -0.1) is 0 Å². The van der Waals surface area contributed by atoms with Crippen molar-refractivity contribution in [1.29, 1.82) is 0 Å². The van der Waals surface area contributed by atoms with Crippen molar-refractivity contribution in [1.82, 2.24) is 19.7 Å². The molecule has 0 aliphatic carbocycles. The summed E-state index contributed by atoms with van der Waals surface area (Å²) in [5.41, 5.74) is -0.801. The van der Waals surface area contributed by atoms with Crippen LogP contribution in [0, 0.1) is 5.82 Å². The van der Waals surface area contributed by atoms with E-state index in [2.05, 4.69) is 10.2 Å². The largest absolute Gasteiger partial charge is 0.416 e. The SMILES string of the molecule is [2H]C([2H])([2H])n1c(=O)cc(N2C[C@@H](C)N(C(C)c3ccc(F)cc3C(F)(F)F)C[C@@H]2C)c2n[nH]cc21. The first-order valence-corrected chi connectivity index (χ1v) is 10.2. The average molecular weight is 454 g/mol. The molecule has 0 spiro atoms. The van der Waals surface area contributed by atoms with E-state index in [0.717, 1.165) is 6.07 Å². The van der Waals surface area contributed by atoms with E-state index in [1.807, 2.05) is 23.6 Å². The van der Waals surface area contributed by atoms with Crippen molar-refractivity contribution in [3.63, 3.8) is 0 Å². The topological polar surface area (TPSA) is 57.2 Å². The molecule has 172 valence electrons. The maximum Gasteiger partial charge on any atom is 0.416 e. The number of H-pyrrole nitrogens is 1. The Hall–Kier alpha value is -2.88. The van der Waals surface area contributed by atoms with Crippen LogP contribution >= 0.6 is 0 Å². The van der Waals surface area contributed by atoms with Gasteiger partial charge in [-0.3, -0.25) is 14.8 Å². The van der Waals surface area contributed by atoms with E-state index in [-0.39, 0.29) is 23.2 Å². The molecule has 10 heteroatoms. The van der Waals surface area contributed by atoms with Crippen molar-refractivity contribution < 1.29 is 21.7 Å². The number of anilines is 1. The van der Waals surface area contributed by atoms with Gasteiger partial charge in [0.15, 0.2) is 0 Å². The van der Waals surface area contributed by atoms with Crippen molar-refractivity contribution in [2.24, 2.45) is 6.98 Å². The molecule has 1 aliphatic rings. The number of hydrogen-bond donors (Lipinski definition) is 1. The molecule has 3 atom stereocenters. The van der Waals surface area contributed by atoms with E-state index < -0.39 is 36.1 Å². The minimum atomic E-state index is -4.69. The van der Waals surface area contributed by atoms with E-state index in [9.17, 15) is 22.4 Å². The lowest BCUT2D eigenvalue weighted by atomic mass is 9.96. The van der Waals surface area contributed by atoms with Crippen LogP contribution in [0.5, 0.6) is 0 Å². The number of nitrogens with zero attached hydrogens (tertiary/aromatic N) is 4. The van der Waals surface area contributed by atoms with Crippen LogP contribution in [-0.2, 0) is 13.2 Å². The molecule has 1 unspecified atom stereocenters. The Morgan fingerprint density at radius 2 is 1.97 bits per heavy atom. The molecule has 0 saturated carbocycles. The number of rotatable bonds is 3. The molecule has 1 N–H and O–H groups in total. The van der Waals surface area contributed by atoms with Crippen LogP contribution in [0.2, 0.25) is 0 Å². The van der Waals surface area contributed by atoms with E-state index in [0.29, 0.717) is 34.9 Å². The summed E-state index contributed by atoms with van der Waals surface area (Å²) in [5.74, 6) is -0.950. The number of nitrogens with one attached hydrogen (secondary N) is 1. The first-order valence-electron chi connectivity index (χ1n) is 11.7. The zero-order valence-corrected chi connectivity index (χ0v) is 17.7. The highest BCUT2D eigenvalue weighted by Crippen LogP contribution is 2.39. The average Bonchev–Trinajstić information content (AvgIpc) is 3.21. The summed E-state index contributed by atoms with van der Waals surface area (Å²) in [4.78, 5) is 16.6. The van der Waals surface area contributed by atoms with Gasteiger partial charge in [-0.05, 0) is 38.5 Å². The number of aromatic nitrogens is 3. The van der Waals surface area contributed by atoms with Gasteiger partial charge < -0.3 is 9.47 Å². The first kappa shape index (κ1) is 18.7. The fraction of sp³-hybridized carbons (Fsp3) is 0.455. The molecule has 3 heterocycles. The molecule has 1 saturated heterocycles. The molecule has 32 heavy (non-hydrogen) atoms. The smallest absolute Gasteiger partial charge is 0.364 e. The standard InChI is InChI=1S/C22H25F4N5O/c1-12-11-31(18-8-20(32)29(4)19-9-27-28-21(18)19)13(2)10-30(12)14(3)16-6-5-15(23)7-17(16)22(24,25)26/h5-9,12-14H,10-11H2,1-4H3,(H,27,28)/t12-,13+,14?/m1/s1/i4D3. The number of alkyl halides is 3. The van der Waals surface area contributed by atoms with Gasteiger partial charge in [-0.1, -0.05) is 6.07 Å². The second-order valence-corrected chi connectivity index (χ2v) is 8.27. The van der Waals surface area contributed by atoms with Crippen molar-refractivity contribution in [2.45, 2.75) is 45.1 Å². The number of benzene rings is 1. The molecular weight excluding hydrogens is 426 g/mol. The van der Waals surface area contributed by atoms with Crippen LogP contribution in [0.3, 0.4) is 0 Å². The number of piperazine rings is 1. The van der Waals surface area contributed by atoms with Gasteiger partial charge in [0.2, 0.25) is 0 Å². The predicted molar refractivity (Wildman–Crippen MR) is 114 cm³/mol. The third-order valence-corrected chi connectivity index (χ3v) is 6.20. The van der Waals surface area contributed by atoms with Crippen LogP contribution in [-0.4, -0.2) is 44.8 Å². The van der Waals surface area contributed by atoms with Gasteiger partial charge in [0.05, 0.1) is 16.8 Å². The lowest BCUT2D eigenvalue weighted by Gasteiger charge is -2.48. The Morgan fingerprint density at radius 1 is 1.22 bits per heavy atom. The molecule has 3 aromatic rings. The van der Waals surface area contributed by atoms with E-state index in [4.69, 9.17) is 4.11 Å². The number of hydrogen-bond acceptors (Lipinski definition) is 4. The molecule has 0 amide bonds. The Bertz CT molecular complexity index is 1300. The molecular formula is C22H25F4N5O. The highest BCUT2D eigenvalue weighted by atomic mass is 19.4. The second kappa shape index (κ2) is 7.91. The van der Waals surface area contributed by atoms with E-state index >= 15 is 0 Å².